The van der Waals surface area contributed by atoms with Crippen molar-refractivity contribution in [1.82, 2.24) is 9.55 Å². The van der Waals surface area contributed by atoms with Gasteiger partial charge in [-0.3, -0.25) is 14.3 Å². The van der Waals surface area contributed by atoms with E-state index in [1.54, 1.807) is 6.92 Å². The number of halogens is 1. The van der Waals surface area contributed by atoms with Crippen LogP contribution in [0.2, 0.25) is 0 Å². The second-order valence-electron chi connectivity index (χ2n) is 3.62. The van der Waals surface area contributed by atoms with Crippen molar-refractivity contribution in [2.45, 2.75) is 18.4 Å². The maximum atomic E-state index is 11.6. The van der Waals surface area contributed by atoms with Crippen LogP contribution in [0.15, 0.2) is 32.7 Å². The number of aromatic nitrogens is 2. The number of nitrogens with one attached hydrogen (secondary N) is 1. The molecule has 2 aromatic rings. The lowest BCUT2D eigenvalue weighted by atomic mass is 10.2. The van der Waals surface area contributed by atoms with Crippen LogP contribution >= 0.6 is 10.7 Å². The molecular formula is C10H9ClN2O4S. The monoisotopic (exact) mass is 288 g/mol. The summed E-state index contributed by atoms with van der Waals surface area (Å²) in [5, 5.41) is 0.109. The fourth-order valence-corrected chi connectivity index (χ4v) is 2.52. The molecule has 8 heteroatoms. The Balaban J connectivity index is 2.97. The molecule has 1 heterocycles. The standard InChI is InChI=1S/C10H9ClN2O4S/c1-2-13-8-4-3-6(18(11,16)17)5-7(8)9(14)12-10(13)15/h3-5H,2H2,1H3,(H,12,14,15). The average Bonchev–Trinajstić information content (AvgIpc) is 2.27. The highest BCUT2D eigenvalue weighted by Gasteiger charge is 2.13. The highest BCUT2D eigenvalue weighted by atomic mass is 35.7. The molecule has 0 unspecified atom stereocenters. The fourth-order valence-electron chi connectivity index (χ4n) is 1.74. The van der Waals surface area contributed by atoms with E-state index in [-0.39, 0.29) is 10.3 Å². The van der Waals surface area contributed by atoms with E-state index < -0.39 is 20.3 Å². The van der Waals surface area contributed by atoms with Crippen molar-refractivity contribution in [3.63, 3.8) is 0 Å². The van der Waals surface area contributed by atoms with Gasteiger partial charge in [-0.05, 0) is 25.1 Å². The molecule has 1 N–H and O–H groups in total. The number of aryl methyl sites for hydroxylation is 1. The summed E-state index contributed by atoms with van der Waals surface area (Å²) in [6.07, 6.45) is 0. The Morgan fingerprint density at radius 3 is 2.56 bits per heavy atom. The number of hydrogen-bond acceptors (Lipinski definition) is 4. The summed E-state index contributed by atoms with van der Waals surface area (Å²) in [5.74, 6) is 0. The van der Waals surface area contributed by atoms with Crippen LogP contribution in [-0.4, -0.2) is 18.0 Å². The Morgan fingerprint density at radius 2 is 2.00 bits per heavy atom. The number of fused-ring (bicyclic) bond motifs is 1. The van der Waals surface area contributed by atoms with Crippen molar-refractivity contribution in [1.29, 1.82) is 0 Å². The van der Waals surface area contributed by atoms with Gasteiger partial charge in [0.1, 0.15) is 0 Å². The first-order valence-corrected chi connectivity index (χ1v) is 7.37. The average molecular weight is 289 g/mol. The van der Waals surface area contributed by atoms with Crippen LogP contribution in [-0.2, 0) is 15.6 Å². The number of aromatic amines is 1. The van der Waals surface area contributed by atoms with Gasteiger partial charge in [-0.25, -0.2) is 13.2 Å². The van der Waals surface area contributed by atoms with Crippen molar-refractivity contribution in [2.75, 3.05) is 0 Å². The van der Waals surface area contributed by atoms with Gasteiger partial charge in [-0.15, -0.1) is 0 Å². The van der Waals surface area contributed by atoms with Gasteiger partial charge in [0.25, 0.3) is 14.6 Å². The molecule has 2 rings (SSSR count). The van der Waals surface area contributed by atoms with Crippen LogP contribution in [0.25, 0.3) is 10.9 Å². The summed E-state index contributed by atoms with van der Waals surface area (Å²) >= 11 is 0. The molecule has 1 aromatic carbocycles. The highest BCUT2D eigenvalue weighted by molar-refractivity contribution is 8.13. The van der Waals surface area contributed by atoms with Crippen LogP contribution in [0.1, 0.15) is 6.92 Å². The van der Waals surface area contributed by atoms with Gasteiger partial charge in [0.15, 0.2) is 0 Å². The first kappa shape index (κ1) is 12.8. The lowest BCUT2D eigenvalue weighted by Crippen LogP contribution is -2.29. The Hall–Kier alpha value is -1.60. The highest BCUT2D eigenvalue weighted by Crippen LogP contribution is 2.18. The number of nitrogens with zero attached hydrogens (tertiary/aromatic N) is 1. The zero-order valence-corrected chi connectivity index (χ0v) is 10.9. The Kier molecular flexibility index (Phi) is 3.04. The maximum Gasteiger partial charge on any atom is 0.328 e. The first-order valence-electron chi connectivity index (χ1n) is 5.06. The SMILES string of the molecule is CCn1c(=O)[nH]c(=O)c2cc(S(=O)(=O)Cl)ccc21. The molecular weight excluding hydrogens is 280 g/mol. The van der Waals surface area contributed by atoms with Gasteiger partial charge >= 0.3 is 5.69 Å². The third-order valence-corrected chi connectivity index (χ3v) is 3.92. The molecule has 0 spiro atoms. The van der Waals surface area contributed by atoms with Gasteiger partial charge in [0.05, 0.1) is 15.8 Å². The molecule has 0 radical (unpaired) electrons. The van der Waals surface area contributed by atoms with Crippen molar-refractivity contribution in [3.05, 3.63) is 39.0 Å². The molecule has 0 bridgehead atoms. The Labute approximate surface area is 106 Å². The van der Waals surface area contributed by atoms with E-state index in [1.807, 2.05) is 0 Å². The van der Waals surface area contributed by atoms with E-state index in [4.69, 9.17) is 10.7 Å². The second kappa shape index (κ2) is 4.25. The van der Waals surface area contributed by atoms with E-state index >= 15 is 0 Å². The molecule has 1 aromatic heterocycles. The summed E-state index contributed by atoms with van der Waals surface area (Å²) in [6, 6.07) is 3.81. The third-order valence-electron chi connectivity index (χ3n) is 2.57. The lowest BCUT2D eigenvalue weighted by Gasteiger charge is -2.07. The summed E-state index contributed by atoms with van der Waals surface area (Å²) in [4.78, 5) is 25.1. The summed E-state index contributed by atoms with van der Waals surface area (Å²) in [5.41, 5.74) is -0.798. The van der Waals surface area contributed by atoms with Gasteiger partial charge in [-0.2, -0.15) is 0 Å². The van der Waals surface area contributed by atoms with Gasteiger partial charge in [0, 0.05) is 17.2 Å². The second-order valence-corrected chi connectivity index (χ2v) is 6.19. The Morgan fingerprint density at radius 1 is 1.33 bits per heavy atom. The predicted octanol–water partition coefficient (Wildman–Crippen LogP) is 0.637. The zero-order chi connectivity index (χ0) is 13.5. The minimum atomic E-state index is -3.91. The molecule has 0 aliphatic carbocycles. The van der Waals surface area contributed by atoms with E-state index in [2.05, 4.69) is 4.98 Å². The number of hydrogen-bond donors (Lipinski definition) is 1. The van der Waals surface area contributed by atoms with Gasteiger partial charge < -0.3 is 0 Å². The number of H-pyrrole nitrogens is 1. The third kappa shape index (κ3) is 2.06. The molecule has 0 amide bonds. The van der Waals surface area contributed by atoms with E-state index in [0.29, 0.717) is 12.1 Å². The summed E-state index contributed by atoms with van der Waals surface area (Å²) in [6.45, 7) is 2.10. The molecule has 0 atom stereocenters. The van der Waals surface area contributed by atoms with Crippen LogP contribution in [0, 0.1) is 0 Å². The summed E-state index contributed by atoms with van der Waals surface area (Å²) < 4.78 is 23.7. The molecule has 96 valence electrons. The molecule has 0 saturated heterocycles. The largest absolute Gasteiger partial charge is 0.328 e. The topological polar surface area (TPSA) is 89.0 Å². The normalized spacial score (nSPS) is 11.9. The van der Waals surface area contributed by atoms with E-state index in [9.17, 15) is 18.0 Å². The first-order chi connectivity index (χ1) is 8.34. The number of rotatable bonds is 2. The smallest absolute Gasteiger partial charge is 0.294 e. The minimum Gasteiger partial charge on any atom is -0.294 e. The van der Waals surface area contributed by atoms with Crippen molar-refractivity contribution >= 4 is 30.6 Å². The summed E-state index contributed by atoms with van der Waals surface area (Å²) in [7, 11) is 1.30. The molecule has 0 aliphatic rings. The molecule has 0 fully saturated rings. The van der Waals surface area contributed by atoms with E-state index in [0.717, 1.165) is 6.07 Å². The Bertz CT molecular complexity index is 835. The molecule has 0 aliphatic heterocycles. The van der Waals surface area contributed by atoms with Crippen LogP contribution in [0.5, 0.6) is 0 Å². The van der Waals surface area contributed by atoms with Crippen LogP contribution in [0.3, 0.4) is 0 Å². The molecule has 18 heavy (non-hydrogen) atoms. The van der Waals surface area contributed by atoms with Crippen LogP contribution in [0.4, 0.5) is 0 Å². The minimum absolute atomic E-state index is 0.109. The zero-order valence-electron chi connectivity index (χ0n) is 9.31. The maximum absolute atomic E-state index is 11.6. The van der Waals surface area contributed by atoms with E-state index in [1.165, 1.54) is 16.7 Å². The van der Waals surface area contributed by atoms with Crippen LogP contribution < -0.4 is 11.2 Å². The quantitative estimate of drug-likeness (QED) is 0.821. The van der Waals surface area contributed by atoms with Crippen molar-refractivity contribution in [2.24, 2.45) is 0 Å². The van der Waals surface area contributed by atoms with Crippen molar-refractivity contribution in [3.8, 4) is 0 Å². The molecule has 6 nitrogen and oxygen atoms in total. The molecule has 0 saturated carbocycles. The number of benzene rings is 1. The van der Waals surface area contributed by atoms with Gasteiger partial charge in [-0.1, -0.05) is 0 Å². The van der Waals surface area contributed by atoms with Crippen molar-refractivity contribution < 1.29 is 8.42 Å². The lowest BCUT2D eigenvalue weighted by molar-refractivity contribution is 0.609. The fraction of sp³-hybridized carbons (Fsp3) is 0.200. The van der Waals surface area contributed by atoms with Gasteiger partial charge in [0.2, 0.25) is 0 Å². The predicted molar refractivity (Wildman–Crippen MR) is 67.5 cm³/mol.